The topological polar surface area (TPSA) is 141 Å². The van der Waals surface area contributed by atoms with Crippen LogP contribution in [-0.4, -0.2) is 57.4 Å². The molecule has 0 radical (unpaired) electrons. The minimum Gasteiger partial charge on any atom is -0.507 e. The molecule has 3 aromatic rings. The van der Waals surface area contributed by atoms with Crippen LogP contribution in [0.2, 0.25) is 0 Å². The summed E-state index contributed by atoms with van der Waals surface area (Å²) in [5.41, 5.74) is -0.457. The summed E-state index contributed by atoms with van der Waals surface area (Å²) in [6.07, 6.45) is 8.20. The standard InChI is InChI=1S/C29H28F4N4O6S/c1-15-23(30)25(32)26(33)27(24(15)31)44(42,43)37-10-9-21(37)28(39)36(18-7-8-19(29(40)41)22(38)11-18)14-17-12-35-20(13-34-17)16-5-3-2-4-6-16/h7-8,11-13,16,21,38H,2-6,9-10,14H2,1H3,(H,40,41)/t21-/m1/s1. The van der Waals surface area contributed by atoms with E-state index in [1.54, 1.807) is 6.20 Å². The van der Waals surface area contributed by atoms with Crippen LogP contribution < -0.4 is 4.90 Å². The first-order valence-corrected chi connectivity index (χ1v) is 15.3. The van der Waals surface area contributed by atoms with Crippen LogP contribution in [0.5, 0.6) is 5.75 Å². The molecule has 1 amide bonds. The number of rotatable bonds is 8. The molecule has 0 unspecified atom stereocenters. The number of nitrogens with zero attached hydrogens (tertiary/aromatic N) is 4. The Morgan fingerprint density at radius 2 is 1.68 bits per heavy atom. The summed E-state index contributed by atoms with van der Waals surface area (Å²) >= 11 is 0. The number of hydrogen-bond acceptors (Lipinski definition) is 7. The molecule has 2 aromatic carbocycles. The largest absolute Gasteiger partial charge is 0.507 e. The van der Waals surface area contributed by atoms with Crippen molar-refractivity contribution in [1.82, 2.24) is 14.3 Å². The Morgan fingerprint density at radius 3 is 2.25 bits per heavy atom. The third-order valence-corrected chi connectivity index (χ3v) is 10.1. The molecule has 2 N–H and O–H groups in total. The third kappa shape index (κ3) is 5.61. The van der Waals surface area contributed by atoms with Gasteiger partial charge >= 0.3 is 5.97 Å². The number of aromatic hydroxyl groups is 1. The molecule has 1 aliphatic heterocycles. The average molecular weight is 637 g/mol. The number of sulfonamides is 1. The lowest BCUT2D eigenvalue weighted by Gasteiger charge is -2.41. The molecule has 0 spiro atoms. The highest BCUT2D eigenvalue weighted by molar-refractivity contribution is 7.89. The van der Waals surface area contributed by atoms with Crippen LogP contribution >= 0.6 is 0 Å². The second kappa shape index (κ2) is 12.1. The molecule has 1 atom stereocenters. The number of carbonyl (C=O) groups is 2. The van der Waals surface area contributed by atoms with Gasteiger partial charge in [0.25, 0.3) is 0 Å². The highest BCUT2D eigenvalue weighted by Crippen LogP contribution is 2.36. The molecule has 10 nitrogen and oxygen atoms in total. The van der Waals surface area contributed by atoms with Crippen LogP contribution in [0.1, 0.15) is 71.8 Å². The zero-order valence-corrected chi connectivity index (χ0v) is 24.3. The molecule has 1 aromatic heterocycles. The molecule has 5 rings (SSSR count). The lowest BCUT2D eigenvalue weighted by molar-refractivity contribution is -0.125. The van der Waals surface area contributed by atoms with E-state index in [2.05, 4.69) is 9.97 Å². The van der Waals surface area contributed by atoms with Gasteiger partial charge in [-0.05, 0) is 38.3 Å². The van der Waals surface area contributed by atoms with E-state index in [1.165, 1.54) is 12.3 Å². The first-order valence-electron chi connectivity index (χ1n) is 13.9. The van der Waals surface area contributed by atoms with Gasteiger partial charge in [0.15, 0.2) is 28.2 Å². The maximum Gasteiger partial charge on any atom is 0.339 e. The zero-order chi connectivity index (χ0) is 31.9. The molecular formula is C29H28F4N4O6S. The molecule has 2 heterocycles. The van der Waals surface area contributed by atoms with E-state index in [0.29, 0.717) is 4.31 Å². The molecule has 2 fully saturated rings. The number of carboxylic acids is 1. The number of aromatic carboxylic acids is 1. The van der Waals surface area contributed by atoms with Crippen molar-refractivity contribution >= 4 is 27.6 Å². The third-order valence-electron chi connectivity index (χ3n) is 8.12. The van der Waals surface area contributed by atoms with Crippen LogP contribution in [0.15, 0.2) is 35.5 Å². The molecule has 234 valence electrons. The SMILES string of the molecule is Cc1c(F)c(F)c(F)c(S(=O)(=O)N2CC[C@@H]2C(=O)N(Cc2cnc(C3CCCCC3)cn2)c2ccc(C(=O)O)c(O)c2)c1F. The lowest BCUT2D eigenvalue weighted by Crippen LogP contribution is -2.59. The van der Waals surface area contributed by atoms with Crippen molar-refractivity contribution in [3.63, 3.8) is 0 Å². The van der Waals surface area contributed by atoms with E-state index in [9.17, 15) is 45.8 Å². The van der Waals surface area contributed by atoms with Crippen LogP contribution in [-0.2, 0) is 21.4 Å². The summed E-state index contributed by atoms with van der Waals surface area (Å²) in [4.78, 5) is 33.5. The van der Waals surface area contributed by atoms with E-state index >= 15 is 0 Å². The normalized spacial score (nSPS) is 17.7. The van der Waals surface area contributed by atoms with Gasteiger partial charge in [0, 0.05) is 36.0 Å². The van der Waals surface area contributed by atoms with Crippen molar-refractivity contribution in [2.24, 2.45) is 0 Å². The first kappa shape index (κ1) is 31.3. The van der Waals surface area contributed by atoms with E-state index in [0.717, 1.165) is 61.8 Å². The Morgan fingerprint density at radius 1 is 0.977 bits per heavy atom. The predicted octanol–water partition coefficient (Wildman–Crippen LogP) is 4.79. The number of anilines is 1. The van der Waals surface area contributed by atoms with Crippen LogP contribution in [0, 0.1) is 30.2 Å². The van der Waals surface area contributed by atoms with Crippen molar-refractivity contribution in [2.75, 3.05) is 11.4 Å². The highest BCUT2D eigenvalue weighted by Gasteiger charge is 2.47. The number of aromatic nitrogens is 2. The summed E-state index contributed by atoms with van der Waals surface area (Å²) in [5, 5.41) is 19.6. The monoisotopic (exact) mass is 636 g/mol. The Balaban J connectivity index is 1.49. The minimum absolute atomic E-state index is 0.0269. The summed E-state index contributed by atoms with van der Waals surface area (Å²) in [6.45, 7) is 0.100. The second-order valence-corrected chi connectivity index (χ2v) is 12.7. The fourth-order valence-corrected chi connectivity index (χ4v) is 7.33. The number of carbonyl (C=O) groups excluding carboxylic acids is 1. The number of carboxylic acid groups (broad SMARTS) is 1. The molecule has 1 saturated carbocycles. The zero-order valence-electron chi connectivity index (χ0n) is 23.4. The second-order valence-electron chi connectivity index (χ2n) is 10.8. The number of halogens is 4. The van der Waals surface area contributed by atoms with Crippen molar-refractivity contribution in [3.05, 3.63) is 76.4 Å². The average Bonchev–Trinajstić information content (AvgIpc) is 2.97. The van der Waals surface area contributed by atoms with Gasteiger partial charge in [-0.25, -0.2) is 30.8 Å². The van der Waals surface area contributed by atoms with Gasteiger partial charge in [-0.1, -0.05) is 19.3 Å². The van der Waals surface area contributed by atoms with E-state index < -0.39 is 73.0 Å². The Hall–Kier alpha value is -4.11. The van der Waals surface area contributed by atoms with Gasteiger partial charge in [0.1, 0.15) is 17.4 Å². The van der Waals surface area contributed by atoms with Gasteiger partial charge in [0.05, 0.1) is 24.1 Å². The predicted molar refractivity (Wildman–Crippen MR) is 147 cm³/mol. The molecule has 2 aliphatic rings. The van der Waals surface area contributed by atoms with Gasteiger partial charge in [-0.15, -0.1) is 0 Å². The minimum atomic E-state index is -5.18. The lowest BCUT2D eigenvalue weighted by atomic mass is 9.87. The molecule has 15 heteroatoms. The maximum absolute atomic E-state index is 14.8. The van der Waals surface area contributed by atoms with Crippen LogP contribution in [0.3, 0.4) is 0 Å². The number of benzene rings is 2. The van der Waals surface area contributed by atoms with Crippen LogP contribution in [0.25, 0.3) is 0 Å². The van der Waals surface area contributed by atoms with E-state index in [1.807, 2.05) is 0 Å². The molecular weight excluding hydrogens is 608 g/mol. The fraction of sp³-hybridized carbons (Fsp3) is 0.379. The summed E-state index contributed by atoms with van der Waals surface area (Å²) < 4.78 is 84.6. The Bertz CT molecular complexity index is 1700. The first-order chi connectivity index (χ1) is 20.8. The molecule has 44 heavy (non-hydrogen) atoms. The summed E-state index contributed by atoms with van der Waals surface area (Å²) in [7, 11) is -5.18. The van der Waals surface area contributed by atoms with Crippen LogP contribution in [0.4, 0.5) is 23.2 Å². The molecule has 0 bridgehead atoms. The summed E-state index contributed by atoms with van der Waals surface area (Å²) in [5.74, 6) is -10.9. The number of amides is 1. The number of hydrogen-bond donors (Lipinski definition) is 2. The van der Waals surface area contributed by atoms with Gasteiger partial charge in [-0.3, -0.25) is 14.8 Å². The Kier molecular flexibility index (Phi) is 8.62. The quantitative estimate of drug-likeness (QED) is 0.204. The van der Waals surface area contributed by atoms with Crippen molar-refractivity contribution < 1.29 is 45.8 Å². The number of phenols is 1. The fourth-order valence-electron chi connectivity index (χ4n) is 5.53. The smallest absolute Gasteiger partial charge is 0.339 e. The molecule has 1 aliphatic carbocycles. The van der Waals surface area contributed by atoms with Gasteiger partial charge < -0.3 is 15.1 Å². The summed E-state index contributed by atoms with van der Waals surface area (Å²) in [6, 6.07) is 1.75. The Labute approximate surface area is 250 Å². The van der Waals surface area contributed by atoms with Crippen molar-refractivity contribution in [1.29, 1.82) is 0 Å². The maximum atomic E-state index is 14.8. The van der Waals surface area contributed by atoms with Gasteiger partial charge in [0.2, 0.25) is 15.9 Å². The van der Waals surface area contributed by atoms with Gasteiger partial charge in [-0.2, -0.15) is 4.31 Å². The highest BCUT2D eigenvalue weighted by atomic mass is 32.2. The van der Waals surface area contributed by atoms with E-state index in [4.69, 9.17) is 0 Å². The van der Waals surface area contributed by atoms with Crippen molar-refractivity contribution in [2.45, 2.75) is 68.8 Å². The molecule has 1 saturated heterocycles. The van der Waals surface area contributed by atoms with E-state index in [-0.39, 0.29) is 36.8 Å². The van der Waals surface area contributed by atoms with Crippen molar-refractivity contribution in [3.8, 4) is 5.75 Å².